The van der Waals surface area contributed by atoms with Crippen molar-refractivity contribution in [2.24, 2.45) is 11.8 Å². The molecule has 0 fully saturated rings. The highest BCUT2D eigenvalue weighted by Crippen LogP contribution is 2.29. The Morgan fingerprint density at radius 3 is 2.13 bits per heavy atom. The number of amides is 2. The van der Waals surface area contributed by atoms with Gasteiger partial charge in [-0.1, -0.05) is 57.9 Å². The summed E-state index contributed by atoms with van der Waals surface area (Å²) in [5, 5.41) is 10.9. The highest BCUT2D eigenvalue weighted by Gasteiger charge is 2.36. The second-order valence-corrected chi connectivity index (χ2v) is 8.52. The van der Waals surface area contributed by atoms with E-state index in [1.807, 2.05) is 31.2 Å². The van der Waals surface area contributed by atoms with E-state index >= 15 is 0 Å². The fourth-order valence-electron chi connectivity index (χ4n) is 4.25. The van der Waals surface area contributed by atoms with Gasteiger partial charge in [-0.2, -0.15) is 0 Å². The Balaban J connectivity index is 1.63. The third-order valence-electron chi connectivity index (χ3n) is 5.97. The van der Waals surface area contributed by atoms with Gasteiger partial charge in [-0.15, -0.1) is 0 Å². The van der Waals surface area contributed by atoms with Crippen molar-refractivity contribution in [1.82, 2.24) is 4.90 Å². The van der Waals surface area contributed by atoms with Crippen LogP contribution in [-0.4, -0.2) is 35.0 Å². The van der Waals surface area contributed by atoms with E-state index in [4.69, 9.17) is 4.74 Å². The molecular weight excluding hydrogens is 390 g/mol. The van der Waals surface area contributed by atoms with Crippen LogP contribution in [0.5, 0.6) is 5.75 Å². The SMILES string of the molecule is CCCC(CCC)COc1cccc([C@H](O)[C@H](C)CN2C(=O)c3ccccc3C2=O)c1. The monoisotopic (exact) mass is 423 g/mol. The zero-order chi connectivity index (χ0) is 22.4. The maximum Gasteiger partial charge on any atom is 0.261 e. The van der Waals surface area contributed by atoms with Crippen molar-refractivity contribution in [3.8, 4) is 5.75 Å². The van der Waals surface area contributed by atoms with E-state index in [2.05, 4.69) is 13.8 Å². The molecule has 5 heteroatoms. The largest absolute Gasteiger partial charge is 0.493 e. The molecule has 0 bridgehead atoms. The Hall–Kier alpha value is -2.66. The lowest BCUT2D eigenvalue weighted by Gasteiger charge is -2.24. The Kier molecular flexibility index (Phi) is 7.85. The van der Waals surface area contributed by atoms with Crippen LogP contribution in [-0.2, 0) is 0 Å². The molecular formula is C26H33NO4. The number of carbonyl (C=O) groups excluding carboxylic acids is 2. The number of hydrogen-bond acceptors (Lipinski definition) is 4. The summed E-state index contributed by atoms with van der Waals surface area (Å²) in [7, 11) is 0. The first-order valence-corrected chi connectivity index (χ1v) is 11.3. The summed E-state index contributed by atoms with van der Waals surface area (Å²) in [4.78, 5) is 26.5. The van der Waals surface area contributed by atoms with E-state index in [1.54, 1.807) is 24.3 Å². The molecule has 1 aliphatic rings. The molecule has 2 aromatic carbocycles. The second kappa shape index (κ2) is 10.6. The summed E-state index contributed by atoms with van der Waals surface area (Å²) in [5.41, 5.74) is 1.58. The van der Waals surface area contributed by atoms with Crippen LogP contribution in [0.2, 0.25) is 0 Å². The number of imide groups is 1. The Morgan fingerprint density at radius 2 is 1.55 bits per heavy atom. The normalized spacial score (nSPS) is 15.3. The lowest BCUT2D eigenvalue weighted by molar-refractivity contribution is 0.0536. The fraction of sp³-hybridized carbons (Fsp3) is 0.462. The molecule has 0 unspecified atom stereocenters. The lowest BCUT2D eigenvalue weighted by atomic mass is 9.96. The van der Waals surface area contributed by atoms with Gasteiger partial charge in [0.2, 0.25) is 0 Å². The zero-order valence-electron chi connectivity index (χ0n) is 18.7. The van der Waals surface area contributed by atoms with Gasteiger partial charge in [0.25, 0.3) is 11.8 Å². The maximum absolute atomic E-state index is 12.6. The predicted octanol–water partition coefficient (Wildman–Crippen LogP) is 5.25. The molecule has 1 N–H and O–H groups in total. The average Bonchev–Trinajstić information content (AvgIpc) is 3.02. The van der Waals surface area contributed by atoms with E-state index < -0.39 is 6.10 Å². The van der Waals surface area contributed by atoms with Crippen LogP contribution in [0.15, 0.2) is 48.5 Å². The molecule has 1 aliphatic heterocycles. The summed E-state index contributed by atoms with van der Waals surface area (Å²) in [6, 6.07) is 14.3. The number of aliphatic hydroxyl groups is 1. The fourth-order valence-corrected chi connectivity index (χ4v) is 4.25. The average molecular weight is 424 g/mol. The molecule has 166 valence electrons. The van der Waals surface area contributed by atoms with Crippen LogP contribution in [0.4, 0.5) is 0 Å². The van der Waals surface area contributed by atoms with Gasteiger partial charge in [0, 0.05) is 12.5 Å². The van der Waals surface area contributed by atoms with Gasteiger partial charge in [-0.05, 0) is 48.6 Å². The number of rotatable bonds is 11. The molecule has 0 saturated heterocycles. The van der Waals surface area contributed by atoms with Gasteiger partial charge >= 0.3 is 0 Å². The van der Waals surface area contributed by atoms with Gasteiger partial charge in [-0.3, -0.25) is 14.5 Å². The highest BCUT2D eigenvalue weighted by molar-refractivity contribution is 6.21. The van der Waals surface area contributed by atoms with Crippen molar-refractivity contribution in [1.29, 1.82) is 0 Å². The molecule has 1 heterocycles. The molecule has 0 saturated carbocycles. The molecule has 5 nitrogen and oxygen atoms in total. The summed E-state index contributed by atoms with van der Waals surface area (Å²) >= 11 is 0. The van der Waals surface area contributed by atoms with E-state index in [1.165, 1.54) is 4.90 Å². The highest BCUT2D eigenvalue weighted by atomic mass is 16.5. The minimum absolute atomic E-state index is 0.160. The van der Waals surface area contributed by atoms with E-state index in [9.17, 15) is 14.7 Å². The van der Waals surface area contributed by atoms with Crippen molar-refractivity contribution < 1.29 is 19.4 Å². The maximum atomic E-state index is 12.6. The molecule has 2 aromatic rings. The third kappa shape index (κ3) is 5.34. The molecule has 2 atom stereocenters. The number of aliphatic hydroxyl groups excluding tert-OH is 1. The van der Waals surface area contributed by atoms with Crippen molar-refractivity contribution in [2.45, 2.75) is 52.6 Å². The second-order valence-electron chi connectivity index (χ2n) is 8.52. The van der Waals surface area contributed by atoms with Crippen LogP contribution < -0.4 is 4.74 Å². The van der Waals surface area contributed by atoms with Gasteiger partial charge in [-0.25, -0.2) is 0 Å². The number of ether oxygens (including phenoxy) is 1. The minimum atomic E-state index is -0.810. The van der Waals surface area contributed by atoms with Gasteiger partial charge in [0.05, 0.1) is 23.8 Å². The van der Waals surface area contributed by atoms with Crippen molar-refractivity contribution >= 4 is 11.8 Å². The summed E-state index contributed by atoms with van der Waals surface area (Å²) < 4.78 is 6.02. The van der Waals surface area contributed by atoms with Crippen LogP contribution in [0.25, 0.3) is 0 Å². The molecule has 0 aromatic heterocycles. The molecule has 0 spiro atoms. The third-order valence-corrected chi connectivity index (χ3v) is 5.97. The Labute approximate surface area is 185 Å². The molecule has 31 heavy (non-hydrogen) atoms. The standard InChI is InChI=1S/C26H33NO4/c1-4-9-19(10-5-2)17-31-21-12-8-11-20(15-21)24(28)18(3)16-27-25(29)22-13-6-7-14-23(22)26(27)30/h6-8,11-15,18-19,24,28H,4-5,9-10,16-17H2,1-3H3/t18-,24-/m1/s1. The molecule has 0 radical (unpaired) electrons. The first-order chi connectivity index (χ1) is 15.0. The molecule has 0 aliphatic carbocycles. The summed E-state index contributed by atoms with van der Waals surface area (Å²) in [5.74, 6) is 0.368. The van der Waals surface area contributed by atoms with Crippen LogP contribution in [0, 0.1) is 11.8 Å². The first-order valence-electron chi connectivity index (χ1n) is 11.3. The van der Waals surface area contributed by atoms with Crippen LogP contribution >= 0.6 is 0 Å². The van der Waals surface area contributed by atoms with Crippen LogP contribution in [0.3, 0.4) is 0 Å². The van der Waals surface area contributed by atoms with Crippen molar-refractivity contribution in [3.05, 3.63) is 65.2 Å². The molecule has 3 rings (SSSR count). The number of benzene rings is 2. The van der Waals surface area contributed by atoms with Gasteiger partial charge in [0.15, 0.2) is 0 Å². The smallest absolute Gasteiger partial charge is 0.261 e. The first kappa shape index (κ1) is 23.0. The zero-order valence-corrected chi connectivity index (χ0v) is 18.7. The topological polar surface area (TPSA) is 66.8 Å². The van der Waals surface area contributed by atoms with E-state index in [0.29, 0.717) is 23.7 Å². The number of carbonyl (C=O) groups is 2. The lowest BCUT2D eigenvalue weighted by Crippen LogP contribution is -2.35. The van der Waals surface area contributed by atoms with Crippen molar-refractivity contribution in [2.75, 3.05) is 13.2 Å². The summed E-state index contributed by atoms with van der Waals surface area (Å²) in [6.07, 6.45) is 3.76. The van der Waals surface area contributed by atoms with E-state index in [0.717, 1.165) is 37.0 Å². The number of nitrogens with zero attached hydrogens (tertiary/aromatic N) is 1. The Morgan fingerprint density at radius 1 is 0.935 bits per heavy atom. The molecule has 2 amide bonds. The van der Waals surface area contributed by atoms with Crippen molar-refractivity contribution in [3.63, 3.8) is 0 Å². The van der Waals surface area contributed by atoms with E-state index in [-0.39, 0.29) is 24.3 Å². The quantitative estimate of drug-likeness (QED) is 0.502. The minimum Gasteiger partial charge on any atom is -0.493 e. The van der Waals surface area contributed by atoms with Gasteiger partial charge in [0.1, 0.15) is 5.75 Å². The Bertz CT molecular complexity index is 869. The summed E-state index contributed by atoms with van der Waals surface area (Å²) in [6.45, 7) is 7.06. The number of fused-ring (bicyclic) bond motifs is 1. The predicted molar refractivity (Wildman–Crippen MR) is 121 cm³/mol. The van der Waals surface area contributed by atoms with Crippen LogP contribution in [0.1, 0.15) is 78.8 Å². The van der Waals surface area contributed by atoms with Gasteiger partial charge < -0.3 is 9.84 Å². The number of hydrogen-bond donors (Lipinski definition) is 1.